The summed E-state index contributed by atoms with van der Waals surface area (Å²) in [4.78, 5) is 37.2. The maximum absolute atomic E-state index is 13.5. The molecule has 2 fully saturated rings. The van der Waals surface area contributed by atoms with E-state index < -0.39 is 37.9 Å². The third-order valence-corrected chi connectivity index (χ3v) is 12.4. The average Bonchev–Trinajstić information content (AvgIpc) is 3.20. The van der Waals surface area contributed by atoms with Crippen molar-refractivity contribution in [3.8, 4) is 0 Å². The van der Waals surface area contributed by atoms with E-state index >= 15 is 0 Å². The van der Waals surface area contributed by atoms with Crippen LogP contribution in [0.15, 0.2) is 12.4 Å². The zero-order valence-electron chi connectivity index (χ0n) is 26.2. The van der Waals surface area contributed by atoms with E-state index in [1.807, 2.05) is 9.80 Å². The molecule has 0 unspecified atom stereocenters. The standard InChI is InChI=1S/C28H46F3N5O5Si/c1-18(34-25(38)40-26(2,3)4)17-39-21-11-13-36(23(21)37)20-10-12-35(16-22(20)41-42(8,9)27(5,6)7)24-32-14-19(15-33-24)28(29,30)31/h14-15,18,20-22H,10-13,16-17H2,1-9H3,(H,34,38)/t18-,20+,21+,22+/m0/s1. The number of aromatic nitrogens is 2. The molecule has 42 heavy (non-hydrogen) atoms. The number of amides is 2. The summed E-state index contributed by atoms with van der Waals surface area (Å²) < 4.78 is 57.2. The van der Waals surface area contributed by atoms with Crippen LogP contribution in [0.1, 0.15) is 66.9 Å². The molecule has 10 nitrogen and oxygen atoms in total. The number of alkyl carbamates (subject to hydrolysis) is 1. The molecule has 0 spiro atoms. The highest BCUT2D eigenvalue weighted by Gasteiger charge is 2.47. The van der Waals surface area contributed by atoms with E-state index in [4.69, 9.17) is 13.9 Å². The Morgan fingerprint density at radius 2 is 1.71 bits per heavy atom. The fraction of sp³-hybridized carbons (Fsp3) is 0.786. The summed E-state index contributed by atoms with van der Waals surface area (Å²) in [6.07, 6.45) is -3.46. The van der Waals surface area contributed by atoms with E-state index in [-0.39, 0.29) is 41.7 Å². The molecule has 0 saturated carbocycles. The van der Waals surface area contributed by atoms with Gasteiger partial charge < -0.3 is 29.0 Å². The number of anilines is 1. The number of carbonyl (C=O) groups is 2. The summed E-state index contributed by atoms with van der Waals surface area (Å²) in [6.45, 7) is 19.2. The number of piperidine rings is 1. The van der Waals surface area contributed by atoms with E-state index in [1.165, 1.54) is 0 Å². The van der Waals surface area contributed by atoms with Gasteiger partial charge in [0.15, 0.2) is 8.32 Å². The molecule has 238 valence electrons. The van der Waals surface area contributed by atoms with Crippen molar-refractivity contribution < 1.29 is 36.7 Å². The van der Waals surface area contributed by atoms with Crippen LogP contribution >= 0.6 is 0 Å². The van der Waals surface area contributed by atoms with Crippen LogP contribution in [0, 0.1) is 0 Å². The van der Waals surface area contributed by atoms with Gasteiger partial charge in [-0.05, 0) is 52.2 Å². The lowest BCUT2D eigenvalue weighted by atomic mass is 10.0. The van der Waals surface area contributed by atoms with Crippen molar-refractivity contribution in [2.75, 3.05) is 31.1 Å². The maximum atomic E-state index is 13.5. The van der Waals surface area contributed by atoms with Crippen molar-refractivity contribution in [3.63, 3.8) is 0 Å². The van der Waals surface area contributed by atoms with Gasteiger partial charge in [-0.2, -0.15) is 13.2 Å². The molecular weight excluding hydrogens is 571 g/mol. The molecule has 0 radical (unpaired) electrons. The van der Waals surface area contributed by atoms with Crippen molar-refractivity contribution in [1.29, 1.82) is 0 Å². The lowest BCUT2D eigenvalue weighted by molar-refractivity contribution is -0.141. The highest BCUT2D eigenvalue weighted by molar-refractivity contribution is 6.74. The number of ether oxygens (including phenoxy) is 2. The van der Waals surface area contributed by atoms with Crippen LogP contribution in [0.3, 0.4) is 0 Å². The molecule has 3 heterocycles. The molecule has 2 saturated heterocycles. The van der Waals surface area contributed by atoms with Crippen molar-refractivity contribution in [3.05, 3.63) is 18.0 Å². The number of carbonyl (C=O) groups excluding carboxylic acids is 2. The van der Waals surface area contributed by atoms with Gasteiger partial charge in [0.05, 0.1) is 30.4 Å². The van der Waals surface area contributed by atoms with E-state index in [9.17, 15) is 22.8 Å². The predicted molar refractivity (Wildman–Crippen MR) is 155 cm³/mol. The van der Waals surface area contributed by atoms with Crippen molar-refractivity contribution in [1.82, 2.24) is 20.2 Å². The monoisotopic (exact) mass is 617 g/mol. The SMILES string of the molecule is C[C@@H](CO[C@@H]1CCN([C@@H]2CCN(c3ncc(C(F)(F)F)cn3)C[C@H]2O[Si](C)(C)C(C)(C)C)C1=O)NC(=O)OC(C)(C)C. The van der Waals surface area contributed by atoms with Gasteiger partial charge >= 0.3 is 12.3 Å². The minimum atomic E-state index is -4.52. The largest absolute Gasteiger partial charge is 0.444 e. The number of halogens is 3. The van der Waals surface area contributed by atoms with Gasteiger partial charge in [0.1, 0.15) is 11.7 Å². The van der Waals surface area contributed by atoms with Crippen LogP contribution in [0.5, 0.6) is 0 Å². The van der Waals surface area contributed by atoms with Gasteiger partial charge in [0, 0.05) is 38.4 Å². The molecule has 2 aliphatic rings. The molecule has 3 rings (SSSR count). The van der Waals surface area contributed by atoms with E-state index in [2.05, 4.69) is 49.1 Å². The van der Waals surface area contributed by atoms with Crippen LogP contribution in [-0.4, -0.2) is 91.3 Å². The van der Waals surface area contributed by atoms with E-state index in [1.54, 1.807) is 27.7 Å². The number of nitrogens with one attached hydrogen (secondary N) is 1. The minimum Gasteiger partial charge on any atom is -0.444 e. The quantitative estimate of drug-likeness (QED) is 0.407. The lowest BCUT2D eigenvalue weighted by Gasteiger charge is -2.47. The Kier molecular flexibility index (Phi) is 10.3. The number of hydrogen-bond acceptors (Lipinski definition) is 8. The molecule has 4 atom stereocenters. The zero-order valence-corrected chi connectivity index (χ0v) is 27.2. The third-order valence-electron chi connectivity index (χ3n) is 7.93. The first-order chi connectivity index (χ1) is 19.2. The van der Waals surface area contributed by atoms with Gasteiger partial charge in [-0.25, -0.2) is 14.8 Å². The number of hydrogen-bond donors (Lipinski definition) is 1. The molecule has 1 aromatic heterocycles. The van der Waals surface area contributed by atoms with Gasteiger partial charge in [0.25, 0.3) is 5.91 Å². The number of likely N-dealkylation sites (tertiary alicyclic amines) is 1. The molecule has 0 aromatic carbocycles. The number of rotatable bonds is 8. The second-order valence-corrected chi connectivity index (χ2v) is 18.4. The molecule has 0 bridgehead atoms. The molecule has 1 N–H and O–H groups in total. The van der Waals surface area contributed by atoms with Crippen molar-refractivity contribution in [2.45, 2.75) is 116 Å². The first-order valence-corrected chi connectivity index (χ1v) is 17.3. The normalized spacial score (nSPS) is 23.2. The third kappa shape index (κ3) is 8.79. The van der Waals surface area contributed by atoms with Crippen molar-refractivity contribution >= 4 is 26.3 Å². The highest BCUT2D eigenvalue weighted by atomic mass is 28.4. The summed E-state index contributed by atoms with van der Waals surface area (Å²) in [7, 11) is -2.29. The molecular formula is C28H46F3N5O5Si. The molecule has 2 amide bonds. The summed E-state index contributed by atoms with van der Waals surface area (Å²) in [5.74, 6) is 0.0678. The molecule has 1 aromatic rings. The Labute approximate surface area is 247 Å². The maximum Gasteiger partial charge on any atom is 0.419 e. The van der Waals surface area contributed by atoms with Gasteiger partial charge in [0.2, 0.25) is 5.95 Å². The second-order valence-electron chi connectivity index (χ2n) is 13.7. The topological polar surface area (TPSA) is 106 Å². The first-order valence-electron chi connectivity index (χ1n) is 14.4. The number of nitrogens with zero attached hydrogens (tertiary/aromatic N) is 4. The summed E-state index contributed by atoms with van der Waals surface area (Å²) in [5.41, 5.74) is -1.52. The fourth-order valence-electron chi connectivity index (χ4n) is 4.71. The van der Waals surface area contributed by atoms with Crippen LogP contribution in [0.2, 0.25) is 18.1 Å². The second kappa shape index (κ2) is 12.6. The smallest absolute Gasteiger partial charge is 0.419 e. The molecule has 14 heteroatoms. The Balaban J connectivity index is 1.70. The summed E-state index contributed by atoms with van der Waals surface area (Å²) in [6, 6.07) is -0.591. The van der Waals surface area contributed by atoms with Gasteiger partial charge in [-0.3, -0.25) is 4.79 Å². The summed E-state index contributed by atoms with van der Waals surface area (Å²) in [5, 5.41) is 2.63. The van der Waals surface area contributed by atoms with E-state index in [0.29, 0.717) is 32.5 Å². The highest BCUT2D eigenvalue weighted by Crippen LogP contribution is 2.39. The molecule has 0 aliphatic carbocycles. The molecule has 2 aliphatic heterocycles. The van der Waals surface area contributed by atoms with Crippen LogP contribution in [0.25, 0.3) is 0 Å². The van der Waals surface area contributed by atoms with Crippen LogP contribution in [0.4, 0.5) is 23.9 Å². The van der Waals surface area contributed by atoms with Crippen LogP contribution in [-0.2, 0) is 24.9 Å². The van der Waals surface area contributed by atoms with Crippen LogP contribution < -0.4 is 10.2 Å². The average molecular weight is 618 g/mol. The lowest BCUT2D eigenvalue weighted by Crippen LogP contribution is -2.60. The fourth-order valence-corrected chi connectivity index (χ4v) is 6.06. The Morgan fingerprint density at radius 3 is 2.26 bits per heavy atom. The van der Waals surface area contributed by atoms with Gasteiger partial charge in [-0.1, -0.05) is 20.8 Å². The van der Waals surface area contributed by atoms with Crippen molar-refractivity contribution in [2.24, 2.45) is 0 Å². The first kappa shape index (κ1) is 34.0. The summed E-state index contributed by atoms with van der Waals surface area (Å²) >= 11 is 0. The van der Waals surface area contributed by atoms with Gasteiger partial charge in [-0.15, -0.1) is 0 Å². The van der Waals surface area contributed by atoms with E-state index in [0.717, 1.165) is 12.4 Å². The Morgan fingerprint density at radius 1 is 1.10 bits per heavy atom. The zero-order chi connectivity index (χ0) is 31.7. The Bertz CT molecular complexity index is 1090. The number of alkyl halides is 3. The Hall–Kier alpha value is -2.45. The minimum absolute atomic E-state index is 0.0946. The predicted octanol–water partition coefficient (Wildman–Crippen LogP) is 5.00.